The minimum absolute atomic E-state index is 0.0305. The van der Waals surface area contributed by atoms with Crippen LogP contribution in [-0.2, 0) is 31.9 Å². The zero-order chi connectivity index (χ0) is 58.1. The largest absolute Gasteiger partial charge is 0.417 e. The molecule has 3 unspecified atom stereocenters. The molecule has 3 aliphatic rings. The summed E-state index contributed by atoms with van der Waals surface area (Å²) in [5.41, 5.74) is -0.598. The number of nitrogens with zero attached hydrogens (tertiary/aromatic N) is 4. The minimum atomic E-state index is -5.05. The highest BCUT2D eigenvalue weighted by atomic mass is 32.1. The number of carbonyl (C=O) groups excluding carboxylic acids is 5. The monoisotopic (exact) mass is 1130 g/mol. The number of likely N-dealkylation sites (N-methyl/N-ethyl adjacent to an activating group) is 1. The number of aromatic nitrogens is 2. The molecule has 80 heavy (non-hydrogen) atoms. The summed E-state index contributed by atoms with van der Waals surface area (Å²) >= 11 is 1.56. The number of aryl methyl sites for hydroxylation is 1. The molecule has 4 heterocycles. The Labute approximate surface area is 468 Å². The van der Waals surface area contributed by atoms with Crippen LogP contribution in [0.3, 0.4) is 0 Å². The average Bonchev–Trinajstić information content (AvgIpc) is 4.11. The molecular weight excluding hydrogens is 1050 g/mol. The Bertz CT molecular complexity index is 2960. The second-order valence-electron chi connectivity index (χ2n) is 22.5. The second-order valence-corrected chi connectivity index (χ2v) is 23.4. The maximum Gasteiger partial charge on any atom is 0.417 e. The number of aliphatic hydroxyl groups excluding tert-OH is 1. The molecule has 21 heteroatoms. The lowest BCUT2D eigenvalue weighted by atomic mass is 9.78. The predicted octanol–water partition coefficient (Wildman–Crippen LogP) is 7.53. The summed E-state index contributed by atoms with van der Waals surface area (Å²) in [6.45, 7) is 12.6. The van der Waals surface area contributed by atoms with Gasteiger partial charge in [0.05, 0.1) is 39.4 Å². The molecule has 2 saturated heterocycles. The fraction of sp³-hybridized carbons (Fsp3) is 0.508. The Kier molecular flexibility index (Phi) is 20.1. The van der Waals surface area contributed by atoms with Crippen LogP contribution in [0, 0.1) is 18.2 Å². The number of unbranched alkanes of at least 4 members (excludes halogenated alkanes) is 6. The number of β-amino-alcohol motifs (C(OH)–C–C–N with tert-alkyl or cyclic N) is 1. The molecule has 7 atom stereocenters. The molecule has 0 radical (unpaired) electrons. The van der Waals surface area contributed by atoms with Gasteiger partial charge in [0.2, 0.25) is 29.2 Å². The molecular formula is C59H75F4N9O7S. The van der Waals surface area contributed by atoms with Crippen molar-refractivity contribution < 1.29 is 46.6 Å². The number of carbonyl (C=O) groups is 5. The van der Waals surface area contributed by atoms with E-state index in [0.29, 0.717) is 43.8 Å². The van der Waals surface area contributed by atoms with E-state index in [9.17, 15) is 47.0 Å². The summed E-state index contributed by atoms with van der Waals surface area (Å²) in [6, 6.07) is 10.7. The van der Waals surface area contributed by atoms with Gasteiger partial charge in [-0.3, -0.25) is 38.6 Å². The van der Waals surface area contributed by atoms with E-state index in [-0.39, 0.29) is 61.9 Å². The summed E-state index contributed by atoms with van der Waals surface area (Å²) in [5, 5.41) is 22.3. The van der Waals surface area contributed by atoms with Crippen LogP contribution in [0.4, 0.5) is 17.6 Å². The van der Waals surface area contributed by atoms with Gasteiger partial charge in [-0.05, 0) is 68.8 Å². The topological polar surface area (TPSA) is 209 Å². The first kappa shape index (κ1) is 61.1. The average molecular weight is 1130 g/mol. The number of benzene rings is 2. The van der Waals surface area contributed by atoms with E-state index in [2.05, 4.69) is 36.1 Å². The molecule has 7 rings (SSSR count). The van der Waals surface area contributed by atoms with Gasteiger partial charge in [-0.25, -0.2) is 9.37 Å². The fourth-order valence-electron chi connectivity index (χ4n) is 10.8. The normalized spacial score (nSPS) is 22.1. The van der Waals surface area contributed by atoms with Crippen LogP contribution < -0.4 is 26.8 Å². The highest BCUT2D eigenvalue weighted by Gasteiger charge is 2.53. The number of rotatable bonds is 21. The van der Waals surface area contributed by atoms with Crippen molar-refractivity contribution in [3.63, 3.8) is 0 Å². The van der Waals surface area contributed by atoms with Gasteiger partial charge in [0.1, 0.15) is 23.4 Å². The number of aromatic amines is 1. The van der Waals surface area contributed by atoms with Gasteiger partial charge in [0.15, 0.2) is 0 Å². The van der Waals surface area contributed by atoms with Crippen LogP contribution in [0.15, 0.2) is 89.3 Å². The number of alkyl halides is 3. The second kappa shape index (κ2) is 26.4. The third-order valence-corrected chi connectivity index (χ3v) is 16.6. The molecule has 5 amide bonds. The number of halogens is 4. The van der Waals surface area contributed by atoms with Crippen molar-refractivity contribution >= 4 is 46.4 Å². The van der Waals surface area contributed by atoms with Gasteiger partial charge < -0.3 is 36.3 Å². The first-order valence-electron chi connectivity index (χ1n) is 27.5. The minimum Gasteiger partial charge on any atom is -0.391 e. The highest BCUT2D eigenvalue weighted by Crippen LogP contribution is 2.37. The lowest BCUT2D eigenvalue weighted by Gasteiger charge is -2.52. The maximum absolute atomic E-state index is 15.3. The van der Waals surface area contributed by atoms with Crippen LogP contribution in [0.25, 0.3) is 16.0 Å². The van der Waals surface area contributed by atoms with Gasteiger partial charge in [0.25, 0.3) is 5.91 Å². The smallest absolute Gasteiger partial charge is 0.391 e. The van der Waals surface area contributed by atoms with E-state index in [1.54, 1.807) is 35.1 Å². The number of thiazole rings is 1. The number of piperazine rings is 1. The zero-order valence-corrected chi connectivity index (χ0v) is 47.4. The van der Waals surface area contributed by atoms with Crippen LogP contribution in [0.2, 0.25) is 0 Å². The third kappa shape index (κ3) is 14.7. The molecule has 16 nitrogen and oxygen atoms in total. The van der Waals surface area contributed by atoms with Crippen LogP contribution in [-0.4, -0.2) is 134 Å². The van der Waals surface area contributed by atoms with E-state index in [1.165, 1.54) is 29.2 Å². The molecule has 0 saturated carbocycles. The molecule has 4 aromatic rings. The Morgan fingerprint density at radius 3 is 2.21 bits per heavy atom. The maximum atomic E-state index is 15.3. The van der Waals surface area contributed by atoms with E-state index in [1.807, 2.05) is 77.8 Å². The molecule has 0 spiro atoms. The van der Waals surface area contributed by atoms with Crippen LogP contribution in [0.1, 0.15) is 125 Å². The molecule has 2 aliphatic heterocycles. The number of H-pyrrole nitrogens is 1. The summed E-state index contributed by atoms with van der Waals surface area (Å²) in [5.74, 6) is -3.38. The van der Waals surface area contributed by atoms with Crippen LogP contribution in [0.5, 0.6) is 0 Å². The van der Waals surface area contributed by atoms with Gasteiger partial charge in [0, 0.05) is 75.5 Å². The zero-order valence-electron chi connectivity index (χ0n) is 46.6. The Hall–Kier alpha value is -6.55. The molecule has 432 valence electrons. The Balaban J connectivity index is 0.910. The molecule has 2 aromatic heterocycles. The van der Waals surface area contributed by atoms with Crippen LogP contribution >= 0.6 is 11.3 Å². The number of nitrogens with one attached hydrogen (secondary N) is 5. The van der Waals surface area contributed by atoms with Crippen molar-refractivity contribution in [1.29, 1.82) is 0 Å². The summed E-state index contributed by atoms with van der Waals surface area (Å²) in [6.07, 6.45) is 4.89. The number of allylic oxidation sites excluding steroid dienone is 2. The van der Waals surface area contributed by atoms with Gasteiger partial charge >= 0.3 is 6.18 Å². The molecule has 2 aromatic carbocycles. The first-order chi connectivity index (χ1) is 37.9. The van der Waals surface area contributed by atoms with E-state index in [4.69, 9.17) is 0 Å². The number of hydrogen-bond acceptors (Lipinski definition) is 11. The third-order valence-electron chi connectivity index (χ3n) is 15.6. The molecule has 2 fully saturated rings. The van der Waals surface area contributed by atoms with E-state index in [0.717, 1.165) is 53.8 Å². The van der Waals surface area contributed by atoms with Gasteiger partial charge in [-0.1, -0.05) is 114 Å². The number of amides is 5. The lowest BCUT2D eigenvalue weighted by molar-refractivity contribution is -0.144. The van der Waals surface area contributed by atoms with Crippen molar-refractivity contribution in [3.8, 4) is 10.4 Å². The SMILES string of the molecule is Cc1ncsc1-c1ccc(CNC(=O)[C@@H]2C[C@@H](O)CN2C(=O)C(NC(=O)CCCCCCCCCNC(=O)C2(N3C[C@@H](C)N(C)[C@@H](C)C3)C=CC(c3ccccc3F)=CC2NC(=O)c2c[nH]c(=O)cc2C(F)(F)F)C(C)(C)C)cc1. The summed E-state index contributed by atoms with van der Waals surface area (Å²) < 4.78 is 58.1. The number of aliphatic hydroxyl groups is 1. The molecule has 1 aliphatic carbocycles. The fourth-order valence-corrected chi connectivity index (χ4v) is 11.7. The lowest BCUT2D eigenvalue weighted by Crippen LogP contribution is -2.72. The van der Waals surface area contributed by atoms with E-state index >= 15 is 4.39 Å². The highest BCUT2D eigenvalue weighted by molar-refractivity contribution is 7.13. The van der Waals surface area contributed by atoms with Crippen molar-refractivity contribution in [2.75, 3.05) is 33.2 Å². The summed E-state index contributed by atoms with van der Waals surface area (Å²) in [7, 11) is 1.96. The van der Waals surface area contributed by atoms with Crippen molar-refractivity contribution in [2.24, 2.45) is 5.41 Å². The van der Waals surface area contributed by atoms with Crippen molar-refractivity contribution in [2.45, 2.75) is 154 Å². The number of pyridine rings is 1. The van der Waals surface area contributed by atoms with Gasteiger partial charge in [-0.2, -0.15) is 13.2 Å². The van der Waals surface area contributed by atoms with Crippen molar-refractivity contribution in [3.05, 3.63) is 129 Å². The molecule has 6 N–H and O–H groups in total. The first-order valence-corrected chi connectivity index (χ1v) is 28.3. The number of hydrogen-bond donors (Lipinski definition) is 6. The Morgan fingerprint density at radius 2 is 1.57 bits per heavy atom. The quantitative estimate of drug-likeness (QED) is 0.0357. The molecule has 0 bridgehead atoms. The predicted molar refractivity (Wildman–Crippen MR) is 299 cm³/mol. The Morgan fingerprint density at radius 1 is 0.912 bits per heavy atom. The van der Waals surface area contributed by atoms with Crippen molar-refractivity contribution in [1.82, 2.24) is 45.9 Å². The standard InChI is InChI=1S/C59H75F4N9O7S/c1-36-32-71(33-37(2)70(36)7)58(25-24-41(43-17-14-15-18-46(43)60)27-48(58)68-53(76)44-31-65-50(75)29-45(44)59(61,62)63)56(79)64-26-16-12-10-8-9-11-13-19-49(74)69-52(57(4,5)6)55(78)72-34-42(73)28-47(72)54(77)66-30-39-20-22-40(23-21-39)51-38(3)67-35-80-51/h14-15,17-18,20-25,27,29,31,35-37,42,47-48,52,73H,8-13,16,19,26,28,30,32-34H2,1-7H3,(H,64,79)(H,65,75)(H,66,77)(H,68,76)(H,69,74)/t36-,37+,42-,47+,48?,52?,58?/m1/s1. The van der Waals surface area contributed by atoms with Gasteiger partial charge in [-0.15, -0.1) is 11.3 Å². The van der Waals surface area contributed by atoms with E-state index < -0.39 is 81.6 Å². The number of likely N-dealkylation sites (tertiary alicyclic amines) is 1. The summed E-state index contributed by atoms with van der Waals surface area (Å²) in [4.78, 5) is 95.0.